The number of ether oxygens (including phenoxy) is 1. The lowest BCUT2D eigenvalue weighted by atomic mass is 10.0. The van der Waals surface area contributed by atoms with Crippen LogP contribution in [0.3, 0.4) is 0 Å². The van der Waals surface area contributed by atoms with Gasteiger partial charge in [-0.1, -0.05) is 30.3 Å². The summed E-state index contributed by atoms with van der Waals surface area (Å²) in [5.41, 5.74) is 4.88. The van der Waals surface area contributed by atoms with Crippen LogP contribution in [0.2, 0.25) is 0 Å². The Morgan fingerprint density at radius 2 is 2.12 bits per heavy atom. The molecule has 0 atom stereocenters. The summed E-state index contributed by atoms with van der Waals surface area (Å²) < 4.78 is 7.67. The predicted molar refractivity (Wildman–Crippen MR) is 66.7 cm³/mol. The van der Waals surface area contributed by atoms with Crippen molar-refractivity contribution in [1.29, 1.82) is 0 Å². The maximum Gasteiger partial charge on any atom is 0.0981 e. The molecule has 1 aromatic heterocycles. The molecule has 3 rings (SSSR count). The Kier molecular flexibility index (Phi) is 2.69. The molecule has 1 aliphatic rings. The number of rotatable bonds is 2. The van der Waals surface area contributed by atoms with Crippen molar-refractivity contribution in [2.45, 2.75) is 26.5 Å². The van der Waals surface area contributed by atoms with Gasteiger partial charge in [-0.3, -0.25) is 4.68 Å². The zero-order valence-corrected chi connectivity index (χ0v) is 10.0. The number of aryl methyl sites for hydroxylation is 1. The first kappa shape index (κ1) is 10.5. The van der Waals surface area contributed by atoms with E-state index < -0.39 is 0 Å². The Bertz CT molecular complexity index is 517. The smallest absolute Gasteiger partial charge is 0.0981 e. The zero-order valence-electron chi connectivity index (χ0n) is 10.0. The Labute approximate surface area is 101 Å². The summed E-state index contributed by atoms with van der Waals surface area (Å²) in [6.45, 7) is 4.57. The lowest BCUT2D eigenvalue weighted by Gasteiger charge is -2.14. The van der Waals surface area contributed by atoms with E-state index in [0.717, 1.165) is 25.3 Å². The van der Waals surface area contributed by atoms with Crippen LogP contribution in [0.4, 0.5) is 0 Å². The maximum atomic E-state index is 5.56. The highest BCUT2D eigenvalue weighted by atomic mass is 16.5. The summed E-state index contributed by atoms with van der Waals surface area (Å²) in [5.74, 6) is 0. The van der Waals surface area contributed by atoms with Crippen LogP contribution in [-0.4, -0.2) is 16.4 Å². The van der Waals surface area contributed by atoms with Gasteiger partial charge in [0.15, 0.2) is 0 Å². The van der Waals surface area contributed by atoms with Gasteiger partial charge in [0.1, 0.15) is 0 Å². The predicted octanol–water partition coefficient (Wildman–Crippen LogP) is 2.64. The number of hydrogen-bond donors (Lipinski definition) is 0. The van der Waals surface area contributed by atoms with Gasteiger partial charge in [0.25, 0.3) is 0 Å². The van der Waals surface area contributed by atoms with E-state index >= 15 is 0 Å². The van der Waals surface area contributed by atoms with Crippen molar-refractivity contribution in [1.82, 2.24) is 9.78 Å². The number of fused-ring (bicyclic) bond motifs is 1. The first-order chi connectivity index (χ1) is 8.40. The molecule has 0 saturated heterocycles. The second-order valence-electron chi connectivity index (χ2n) is 4.26. The average Bonchev–Trinajstić information content (AvgIpc) is 2.78. The van der Waals surface area contributed by atoms with Crippen LogP contribution < -0.4 is 0 Å². The van der Waals surface area contributed by atoms with Crippen LogP contribution in [0.1, 0.15) is 18.2 Å². The molecule has 1 aromatic carbocycles. The molecule has 17 heavy (non-hydrogen) atoms. The van der Waals surface area contributed by atoms with Crippen molar-refractivity contribution in [2.24, 2.45) is 0 Å². The molecular formula is C14H16N2O. The van der Waals surface area contributed by atoms with Crippen molar-refractivity contribution in [2.75, 3.05) is 6.61 Å². The molecule has 0 aliphatic carbocycles. The summed E-state index contributed by atoms with van der Waals surface area (Å²) in [6, 6.07) is 10.4. The lowest BCUT2D eigenvalue weighted by molar-refractivity contribution is 0.109. The van der Waals surface area contributed by atoms with Crippen LogP contribution in [0.5, 0.6) is 0 Å². The second-order valence-corrected chi connectivity index (χ2v) is 4.26. The minimum Gasteiger partial charge on any atom is -0.376 e. The van der Waals surface area contributed by atoms with Crippen LogP contribution in [0, 0.1) is 0 Å². The molecule has 2 aromatic rings. The van der Waals surface area contributed by atoms with Gasteiger partial charge in [0.05, 0.1) is 18.9 Å². The second kappa shape index (κ2) is 4.34. The normalized spacial score (nSPS) is 14.6. The Morgan fingerprint density at radius 3 is 2.88 bits per heavy atom. The number of hydrogen-bond acceptors (Lipinski definition) is 2. The number of aromatic nitrogens is 2. The van der Waals surface area contributed by atoms with Crippen molar-refractivity contribution >= 4 is 0 Å². The first-order valence-electron chi connectivity index (χ1n) is 6.12. The monoisotopic (exact) mass is 228 g/mol. The minimum absolute atomic E-state index is 0.694. The standard InChI is InChI=1S/C14H16N2O/c1-2-16-13-8-9-17-10-12(13)14(15-16)11-6-4-3-5-7-11/h3-7H,2,8-10H2,1H3. The van der Waals surface area contributed by atoms with E-state index in [0.29, 0.717) is 6.61 Å². The van der Waals surface area contributed by atoms with E-state index in [-0.39, 0.29) is 0 Å². The van der Waals surface area contributed by atoms with Gasteiger partial charge in [-0.2, -0.15) is 5.10 Å². The first-order valence-corrected chi connectivity index (χ1v) is 6.12. The zero-order chi connectivity index (χ0) is 11.7. The highest BCUT2D eigenvalue weighted by molar-refractivity contribution is 5.64. The molecule has 0 saturated carbocycles. The third-order valence-electron chi connectivity index (χ3n) is 3.24. The van der Waals surface area contributed by atoms with Gasteiger partial charge >= 0.3 is 0 Å². The number of benzene rings is 1. The Morgan fingerprint density at radius 1 is 1.29 bits per heavy atom. The molecule has 3 nitrogen and oxygen atoms in total. The van der Waals surface area contributed by atoms with Crippen molar-refractivity contribution in [3.05, 3.63) is 41.6 Å². The third-order valence-corrected chi connectivity index (χ3v) is 3.24. The van der Waals surface area contributed by atoms with Gasteiger partial charge in [-0.25, -0.2) is 0 Å². The van der Waals surface area contributed by atoms with E-state index in [2.05, 4.69) is 35.9 Å². The quantitative estimate of drug-likeness (QED) is 0.790. The molecule has 2 heterocycles. The van der Waals surface area contributed by atoms with Crippen molar-refractivity contribution in [3.8, 4) is 11.3 Å². The summed E-state index contributed by atoms with van der Waals surface area (Å²) in [5, 5.41) is 4.72. The molecule has 0 N–H and O–H groups in total. The molecule has 0 unspecified atom stereocenters. The summed E-state index contributed by atoms with van der Waals surface area (Å²) in [7, 11) is 0. The molecule has 0 bridgehead atoms. The molecular weight excluding hydrogens is 212 g/mol. The highest BCUT2D eigenvalue weighted by Gasteiger charge is 2.21. The molecule has 0 fully saturated rings. The van der Waals surface area contributed by atoms with E-state index in [1.807, 2.05) is 6.07 Å². The largest absolute Gasteiger partial charge is 0.376 e. The molecule has 3 heteroatoms. The van der Waals surface area contributed by atoms with E-state index in [1.54, 1.807) is 0 Å². The van der Waals surface area contributed by atoms with Crippen LogP contribution in [-0.2, 0) is 24.3 Å². The summed E-state index contributed by atoms with van der Waals surface area (Å²) in [4.78, 5) is 0. The summed E-state index contributed by atoms with van der Waals surface area (Å²) in [6.07, 6.45) is 0.975. The van der Waals surface area contributed by atoms with E-state index in [1.165, 1.54) is 16.8 Å². The third kappa shape index (κ3) is 1.76. The van der Waals surface area contributed by atoms with Crippen molar-refractivity contribution < 1.29 is 4.74 Å². The maximum absolute atomic E-state index is 5.56. The van der Waals surface area contributed by atoms with Gasteiger partial charge in [-0.15, -0.1) is 0 Å². The number of nitrogens with zero attached hydrogens (tertiary/aromatic N) is 2. The molecule has 0 radical (unpaired) electrons. The SMILES string of the molecule is CCn1nc(-c2ccccc2)c2c1CCOC2. The minimum atomic E-state index is 0.694. The van der Waals surface area contributed by atoms with Gasteiger partial charge in [0, 0.05) is 29.8 Å². The molecule has 0 amide bonds. The van der Waals surface area contributed by atoms with Crippen molar-refractivity contribution in [3.63, 3.8) is 0 Å². The Balaban J connectivity index is 2.14. The molecule has 88 valence electrons. The molecule has 1 aliphatic heterocycles. The van der Waals surface area contributed by atoms with E-state index in [9.17, 15) is 0 Å². The fourth-order valence-corrected chi connectivity index (χ4v) is 2.40. The summed E-state index contributed by atoms with van der Waals surface area (Å²) >= 11 is 0. The van der Waals surface area contributed by atoms with E-state index in [4.69, 9.17) is 9.84 Å². The van der Waals surface area contributed by atoms with Gasteiger partial charge in [-0.05, 0) is 6.92 Å². The van der Waals surface area contributed by atoms with Crippen LogP contribution >= 0.6 is 0 Å². The topological polar surface area (TPSA) is 27.1 Å². The van der Waals surface area contributed by atoms with Gasteiger partial charge in [0.2, 0.25) is 0 Å². The lowest BCUT2D eigenvalue weighted by Crippen LogP contribution is -2.13. The van der Waals surface area contributed by atoms with Crippen LogP contribution in [0.25, 0.3) is 11.3 Å². The van der Waals surface area contributed by atoms with Gasteiger partial charge < -0.3 is 4.74 Å². The Hall–Kier alpha value is -1.61. The highest BCUT2D eigenvalue weighted by Crippen LogP contribution is 2.28. The fraction of sp³-hybridized carbons (Fsp3) is 0.357. The average molecular weight is 228 g/mol. The fourth-order valence-electron chi connectivity index (χ4n) is 2.40. The van der Waals surface area contributed by atoms with Crippen LogP contribution in [0.15, 0.2) is 30.3 Å². The molecule has 0 spiro atoms.